The molecule has 1 heteroatoms. The third kappa shape index (κ3) is 2.64. The van der Waals surface area contributed by atoms with Gasteiger partial charge in [0, 0.05) is 12.3 Å². The number of Topliss-reactive ketones (excluding diaryl/α,β-unsaturated/α-hetero) is 1. The molecule has 0 radical (unpaired) electrons. The van der Waals surface area contributed by atoms with Crippen molar-refractivity contribution in [2.45, 2.75) is 34.1 Å². The van der Waals surface area contributed by atoms with Gasteiger partial charge in [-0.25, -0.2) is 0 Å². The third-order valence-electron chi connectivity index (χ3n) is 1.86. The van der Waals surface area contributed by atoms with Crippen LogP contribution in [0.25, 0.3) is 0 Å². The summed E-state index contributed by atoms with van der Waals surface area (Å²) in [5.41, 5.74) is 0. The highest BCUT2D eigenvalue weighted by Crippen LogP contribution is 2.11. The molecular formula is C8H16O. The molecule has 0 aromatic carbocycles. The highest BCUT2D eigenvalue weighted by atomic mass is 16.1. The molecule has 0 rings (SSSR count). The van der Waals surface area contributed by atoms with E-state index in [0.29, 0.717) is 18.1 Å². The van der Waals surface area contributed by atoms with Crippen molar-refractivity contribution < 1.29 is 4.79 Å². The van der Waals surface area contributed by atoms with Gasteiger partial charge in [0.25, 0.3) is 0 Å². The first-order valence-electron chi connectivity index (χ1n) is 3.62. The van der Waals surface area contributed by atoms with Gasteiger partial charge in [0.1, 0.15) is 5.78 Å². The minimum Gasteiger partial charge on any atom is -0.299 e. The topological polar surface area (TPSA) is 17.1 Å². The maximum absolute atomic E-state index is 11.0. The van der Waals surface area contributed by atoms with Crippen molar-refractivity contribution in [3.63, 3.8) is 0 Å². The molecule has 0 spiro atoms. The second kappa shape index (κ2) is 3.65. The van der Waals surface area contributed by atoms with Gasteiger partial charge in [-0.1, -0.05) is 27.7 Å². The number of hydrogen-bond acceptors (Lipinski definition) is 1. The first-order chi connectivity index (χ1) is 4.09. The maximum Gasteiger partial charge on any atom is 0.135 e. The van der Waals surface area contributed by atoms with Crippen LogP contribution in [0.3, 0.4) is 0 Å². The fourth-order valence-corrected chi connectivity index (χ4v) is 0.694. The van der Waals surface area contributed by atoms with Crippen LogP contribution in [-0.4, -0.2) is 5.78 Å². The van der Waals surface area contributed by atoms with E-state index >= 15 is 0 Å². The van der Waals surface area contributed by atoms with E-state index in [1.165, 1.54) is 0 Å². The molecule has 0 N–H and O–H groups in total. The Bertz CT molecular complexity index is 94.7. The van der Waals surface area contributed by atoms with Crippen LogP contribution in [0, 0.1) is 11.8 Å². The lowest BCUT2D eigenvalue weighted by molar-refractivity contribution is -0.123. The SMILES string of the molecule is CCC(=O)[C@H](C)C(C)C. The highest BCUT2D eigenvalue weighted by Gasteiger charge is 2.13. The number of carbonyl (C=O) groups is 1. The van der Waals surface area contributed by atoms with Crippen molar-refractivity contribution in [1.82, 2.24) is 0 Å². The number of carbonyl (C=O) groups excluding carboxylic acids is 1. The van der Waals surface area contributed by atoms with Crippen LogP contribution in [0.15, 0.2) is 0 Å². The summed E-state index contributed by atoms with van der Waals surface area (Å²) in [5.74, 6) is 1.12. The molecule has 0 aliphatic carbocycles. The fourth-order valence-electron chi connectivity index (χ4n) is 0.694. The van der Waals surface area contributed by atoms with E-state index < -0.39 is 0 Å². The van der Waals surface area contributed by atoms with Crippen molar-refractivity contribution in [1.29, 1.82) is 0 Å². The Kier molecular flexibility index (Phi) is 3.52. The summed E-state index contributed by atoms with van der Waals surface area (Å²) in [6, 6.07) is 0. The van der Waals surface area contributed by atoms with Gasteiger partial charge in [-0.05, 0) is 5.92 Å². The average Bonchev–Trinajstić information content (AvgIpc) is 1.84. The molecule has 0 aromatic heterocycles. The quantitative estimate of drug-likeness (QED) is 0.569. The zero-order valence-corrected chi connectivity index (χ0v) is 6.77. The van der Waals surface area contributed by atoms with Gasteiger partial charge in [0.2, 0.25) is 0 Å². The molecule has 0 unspecified atom stereocenters. The average molecular weight is 128 g/mol. The zero-order chi connectivity index (χ0) is 7.44. The molecule has 0 aliphatic rings. The third-order valence-corrected chi connectivity index (χ3v) is 1.86. The summed E-state index contributed by atoms with van der Waals surface area (Å²) < 4.78 is 0. The predicted octanol–water partition coefficient (Wildman–Crippen LogP) is 2.26. The Morgan fingerprint density at radius 2 is 1.78 bits per heavy atom. The van der Waals surface area contributed by atoms with Crippen LogP contribution in [-0.2, 0) is 4.79 Å². The van der Waals surface area contributed by atoms with E-state index in [-0.39, 0.29) is 5.92 Å². The molecule has 0 fully saturated rings. The van der Waals surface area contributed by atoms with Crippen molar-refractivity contribution in [3.05, 3.63) is 0 Å². The Balaban J connectivity index is 3.72. The standard InChI is InChI=1S/C8H16O/c1-5-8(9)7(4)6(2)3/h6-7H,5H2,1-4H3/t7-/m1/s1. The van der Waals surface area contributed by atoms with Gasteiger partial charge in [0.05, 0.1) is 0 Å². The first-order valence-corrected chi connectivity index (χ1v) is 3.62. The van der Waals surface area contributed by atoms with Crippen LogP contribution in [0.5, 0.6) is 0 Å². The molecule has 0 saturated heterocycles. The number of hydrogen-bond donors (Lipinski definition) is 0. The zero-order valence-electron chi connectivity index (χ0n) is 6.77. The van der Waals surface area contributed by atoms with Gasteiger partial charge in [-0.3, -0.25) is 4.79 Å². The summed E-state index contributed by atoms with van der Waals surface area (Å²) in [6.07, 6.45) is 0.680. The molecule has 54 valence electrons. The molecule has 0 bridgehead atoms. The molecule has 9 heavy (non-hydrogen) atoms. The van der Waals surface area contributed by atoms with E-state index in [1.54, 1.807) is 0 Å². The number of ketones is 1. The normalized spacial score (nSPS) is 13.9. The summed E-state index contributed by atoms with van der Waals surface area (Å²) in [6.45, 7) is 8.08. The maximum atomic E-state index is 11.0. The lowest BCUT2D eigenvalue weighted by Crippen LogP contribution is -2.15. The van der Waals surface area contributed by atoms with Crippen LogP contribution < -0.4 is 0 Å². The van der Waals surface area contributed by atoms with Crippen LogP contribution in [0.1, 0.15) is 34.1 Å². The van der Waals surface area contributed by atoms with Crippen molar-refractivity contribution in [3.8, 4) is 0 Å². The van der Waals surface area contributed by atoms with E-state index in [2.05, 4.69) is 13.8 Å². The second-order valence-corrected chi connectivity index (χ2v) is 2.85. The van der Waals surface area contributed by atoms with E-state index in [1.807, 2.05) is 13.8 Å². The fraction of sp³-hybridized carbons (Fsp3) is 0.875. The molecule has 0 saturated carbocycles. The predicted molar refractivity (Wildman–Crippen MR) is 39.3 cm³/mol. The largest absolute Gasteiger partial charge is 0.299 e. The smallest absolute Gasteiger partial charge is 0.135 e. The van der Waals surface area contributed by atoms with Gasteiger partial charge in [-0.15, -0.1) is 0 Å². The lowest BCUT2D eigenvalue weighted by Gasteiger charge is -2.11. The molecule has 0 heterocycles. The Morgan fingerprint density at radius 3 is 1.89 bits per heavy atom. The Morgan fingerprint density at radius 1 is 1.33 bits per heavy atom. The summed E-state index contributed by atoms with van der Waals surface area (Å²) in [5, 5.41) is 0. The van der Waals surface area contributed by atoms with Crippen LogP contribution in [0.4, 0.5) is 0 Å². The first kappa shape index (κ1) is 8.67. The monoisotopic (exact) mass is 128 g/mol. The molecule has 1 atom stereocenters. The lowest BCUT2D eigenvalue weighted by atomic mass is 9.92. The van der Waals surface area contributed by atoms with Crippen molar-refractivity contribution >= 4 is 5.78 Å². The summed E-state index contributed by atoms with van der Waals surface area (Å²) >= 11 is 0. The molecule has 0 aliphatic heterocycles. The van der Waals surface area contributed by atoms with Gasteiger partial charge in [0.15, 0.2) is 0 Å². The molecular weight excluding hydrogens is 112 g/mol. The van der Waals surface area contributed by atoms with E-state index in [0.717, 1.165) is 0 Å². The van der Waals surface area contributed by atoms with Crippen LogP contribution in [0.2, 0.25) is 0 Å². The Labute approximate surface area is 57.5 Å². The van der Waals surface area contributed by atoms with E-state index in [9.17, 15) is 4.79 Å². The molecule has 0 aromatic rings. The van der Waals surface area contributed by atoms with Crippen molar-refractivity contribution in [2.75, 3.05) is 0 Å². The minimum atomic E-state index is 0.245. The van der Waals surface area contributed by atoms with Gasteiger partial charge in [-0.2, -0.15) is 0 Å². The van der Waals surface area contributed by atoms with Gasteiger partial charge < -0.3 is 0 Å². The second-order valence-electron chi connectivity index (χ2n) is 2.85. The minimum absolute atomic E-state index is 0.245. The Hall–Kier alpha value is -0.330. The molecule has 1 nitrogen and oxygen atoms in total. The van der Waals surface area contributed by atoms with Crippen LogP contribution >= 0.6 is 0 Å². The van der Waals surface area contributed by atoms with E-state index in [4.69, 9.17) is 0 Å². The summed E-state index contributed by atoms with van der Waals surface area (Å²) in [7, 11) is 0. The highest BCUT2D eigenvalue weighted by molar-refractivity contribution is 5.80. The van der Waals surface area contributed by atoms with Gasteiger partial charge >= 0.3 is 0 Å². The number of rotatable bonds is 3. The van der Waals surface area contributed by atoms with Crippen molar-refractivity contribution in [2.24, 2.45) is 11.8 Å². The summed E-state index contributed by atoms with van der Waals surface area (Å²) in [4.78, 5) is 11.0. The molecule has 0 amide bonds.